The molecule has 0 aromatic heterocycles. The molecule has 0 unspecified atom stereocenters. The summed E-state index contributed by atoms with van der Waals surface area (Å²) in [7, 11) is 0. The first kappa shape index (κ1) is 13.8. The number of rotatable bonds is 4. The standard InChI is InChI=1S/C16H16ClNO/c1-11-6-7-13(10-15(11)17)16(19)14-5-3-2-4-12(14)8-9-18/h2-7,10H,8-9,18H2,1H3. The monoisotopic (exact) mass is 273 g/mol. The van der Waals surface area contributed by atoms with Crippen LogP contribution in [0.1, 0.15) is 27.0 Å². The van der Waals surface area contributed by atoms with E-state index < -0.39 is 0 Å². The Bertz CT molecular complexity index is 607. The SMILES string of the molecule is Cc1ccc(C(=O)c2ccccc2CCN)cc1Cl. The summed E-state index contributed by atoms with van der Waals surface area (Å²) in [5.74, 6) is -0.00838. The van der Waals surface area contributed by atoms with Crippen LogP contribution in [-0.2, 0) is 6.42 Å². The molecule has 0 aliphatic carbocycles. The van der Waals surface area contributed by atoms with Gasteiger partial charge >= 0.3 is 0 Å². The zero-order valence-electron chi connectivity index (χ0n) is 10.8. The molecule has 2 nitrogen and oxygen atoms in total. The molecule has 19 heavy (non-hydrogen) atoms. The summed E-state index contributed by atoms with van der Waals surface area (Å²) < 4.78 is 0. The van der Waals surface area contributed by atoms with E-state index >= 15 is 0 Å². The van der Waals surface area contributed by atoms with Gasteiger partial charge in [-0.1, -0.05) is 48.0 Å². The van der Waals surface area contributed by atoms with Crippen molar-refractivity contribution >= 4 is 17.4 Å². The molecule has 0 radical (unpaired) electrons. The predicted octanol–water partition coefficient (Wildman–Crippen LogP) is 3.38. The third-order valence-electron chi connectivity index (χ3n) is 3.11. The number of carbonyl (C=O) groups is 1. The Morgan fingerprint density at radius 2 is 1.95 bits per heavy atom. The summed E-state index contributed by atoms with van der Waals surface area (Å²) in [4.78, 5) is 12.5. The quantitative estimate of drug-likeness (QED) is 0.868. The Morgan fingerprint density at radius 3 is 2.63 bits per heavy atom. The smallest absolute Gasteiger partial charge is 0.193 e. The van der Waals surface area contributed by atoms with Crippen LogP contribution in [0.5, 0.6) is 0 Å². The van der Waals surface area contributed by atoms with E-state index in [4.69, 9.17) is 17.3 Å². The minimum Gasteiger partial charge on any atom is -0.330 e. The fraction of sp³-hybridized carbons (Fsp3) is 0.188. The van der Waals surface area contributed by atoms with E-state index in [1.165, 1.54) is 0 Å². The van der Waals surface area contributed by atoms with Gasteiger partial charge in [0.2, 0.25) is 0 Å². The van der Waals surface area contributed by atoms with Crippen molar-refractivity contribution in [2.24, 2.45) is 5.73 Å². The average molecular weight is 274 g/mol. The number of hydrogen-bond acceptors (Lipinski definition) is 2. The number of aryl methyl sites for hydroxylation is 1. The van der Waals surface area contributed by atoms with Crippen LogP contribution in [0.25, 0.3) is 0 Å². The molecular formula is C16H16ClNO. The van der Waals surface area contributed by atoms with Crippen LogP contribution in [0, 0.1) is 6.92 Å². The molecule has 0 bridgehead atoms. The third kappa shape index (κ3) is 3.03. The topological polar surface area (TPSA) is 43.1 Å². The number of benzene rings is 2. The van der Waals surface area contributed by atoms with E-state index in [2.05, 4.69) is 0 Å². The number of nitrogens with two attached hydrogens (primary N) is 1. The van der Waals surface area contributed by atoms with Gasteiger partial charge < -0.3 is 5.73 Å². The lowest BCUT2D eigenvalue weighted by molar-refractivity contribution is 0.103. The molecule has 98 valence electrons. The van der Waals surface area contributed by atoms with Crippen molar-refractivity contribution in [1.29, 1.82) is 0 Å². The van der Waals surface area contributed by atoms with Gasteiger partial charge in [0.15, 0.2) is 5.78 Å². The zero-order valence-corrected chi connectivity index (χ0v) is 11.6. The van der Waals surface area contributed by atoms with Crippen LogP contribution in [0.3, 0.4) is 0 Å². The largest absolute Gasteiger partial charge is 0.330 e. The van der Waals surface area contributed by atoms with Crippen molar-refractivity contribution in [3.05, 3.63) is 69.7 Å². The summed E-state index contributed by atoms with van der Waals surface area (Å²) in [6, 6.07) is 13.0. The number of carbonyl (C=O) groups excluding carboxylic acids is 1. The fourth-order valence-electron chi connectivity index (χ4n) is 2.00. The Labute approximate surface area is 118 Å². The average Bonchev–Trinajstić information content (AvgIpc) is 2.42. The second-order valence-corrected chi connectivity index (χ2v) is 4.90. The predicted molar refractivity (Wildman–Crippen MR) is 78.8 cm³/mol. The summed E-state index contributed by atoms with van der Waals surface area (Å²) in [6.45, 7) is 2.44. The summed E-state index contributed by atoms with van der Waals surface area (Å²) in [6.07, 6.45) is 0.696. The lowest BCUT2D eigenvalue weighted by atomic mass is 9.96. The molecule has 2 aromatic carbocycles. The van der Waals surface area contributed by atoms with Gasteiger partial charge in [-0.25, -0.2) is 0 Å². The highest BCUT2D eigenvalue weighted by Crippen LogP contribution is 2.20. The zero-order chi connectivity index (χ0) is 13.8. The van der Waals surface area contributed by atoms with Crippen LogP contribution in [0.15, 0.2) is 42.5 Å². The van der Waals surface area contributed by atoms with Crippen LogP contribution in [0.4, 0.5) is 0 Å². The second kappa shape index (κ2) is 6.00. The van der Waals surface area contributed by atoms with E-state index in [0.717, 1.165) is 11.1 Å². The normalized spacial score (nSPS) is 10.5. The molecule has 0 heterocycles. The van der Waals surface area contributed by atoms with Gasteiger partial charge in [-0.05, 0) is 37.1 Å². The Balaban J connectivity index is 2.41. The summed E-state index contributed by atoms with van der Waals surface area (Å²) in [5.41, 5.74) is 8.84. The maximum Gasteiger partial charge on any atom is 0.193 e. The van der Waals surface area contributed by atoms with Crippen LogP contribution in [0.2, 0.25) is 5.02 Å². The lowest BCUT2D eigenvalue weighted by Gasteiger charge is -2.08. The highest BCUT2D eigenvalue weighted by molar-refractivity contribution is 6.31. The van der Waals surface area contributed by atoms with Crippen molar-refractivity contribution in [2.75, 3.05) is 6.54 Å². The Kier molecular flexibility index (Phi) is 4.35. The minimum atomic E-state index is -0.00838. The molecule has 3 heteroatoms. The van der Waals surface area contributed by atoms with Gasteiger partial charge in [0.25, 0.3) is 0 Å². The molecule has 0 saturated heterocycles. The number of halogens is 1. The second-order valence-electron chi connectivity index (χ2n) is 4.49. The highest BCUT2D eigenvalue weighted by atomic mass is 35.5. The highest BCUT2D eigenvalue weighted by Gasteiger charge is 2.13. The molecule has 2 N–H and O–H groups in total. The molecule has 2 rings (SSSR count). The lowest BCUT2D eigenvalue weighted by Crippen LogP contribution is -2.10. The molecule has 0 atom stereocenters. The first-order chi connectivity index (χ1) is 9.13. The van der Waals surface area contributed by atoms with Crippen LogP contribution in [-0.4, -0.2) is 12.3 Å². The molecule has 0 fully saturated rings. The van der Waals surface area contributed by atoms with Gasteiger partial charge in [0.1, 0.15) is 0 Å². The van der Waals surface area contributed by atoms with E-state index in [9.17, 15) is 4.79 Å². The van der Waals surface area contributed by atoms with E-state index in [-0.39, 0.29) is 5.78 Å². The fourth-order valence-corrected chi connectivity index (χ4v) is 2.19. The molecule has 2 aromatic rings. The van der Waals surface area contributed by atoms with Crippen molar-refractivity contribution in [3.8, 4) is 0 Å². The van der Waals surface area contributed by atoms with Gasteiger partial charge in [-0.15, -0.1) is 0 Å². The first-order valence-electron chi connectivity index (χ1n) is 6.22. The van der Waals surface area contributed by atoms with Crippen molar-refractivity contribution in [1.82, 2.24) is 0 Å². The third-order valence-corrected chi connectivity index (χ3v) is 3.52. The molecule has 0 saturated carbocycles. The van der Waals surface area contributed by atoms with E-state index in [1.807, 2.05) is 43.3 Å². The summed E-state index contributed by atoms with van der Waals surface area (Å²) >= 11 is 6.07. The maximum absolute atomic E-state index is 12.5. The molecule has 0 amide bonds. The Hall–Kier alpha value is -1.64. The van der Waals surface area contributed by atoms with Crippen molar-refractivity contribution < 1.29 is 4.79 Å². The van der Waals surface area contributed by atoms with Gasteiger partial charge in [0, 0.05) is 16.1 Å². The van der Waals surface area contributed by atoms with Crippen LogP contribution < -0.4 is 5.73 Å². The van der Waals surface area contributed by atoms with Gasteiger partial charge in [-0.2, -0.15) is 0 Å². The van der Waals surface area contributed by atoms with E-state index in [1.54, 1.807) is 6.07 Å². The summed E-state index contributed by atoms with van der Waals surface area (Å²) in [5, 5.41) is 0.613. The van der Waals surface area contributed by atoms with E-state index in [0.29, 0.717) is 29.1 Å². The van der Waals surface area contributed by atoms with Crippen LogP contribution >= 0.6 is 11.6 Å². The Morgan fingerprint density at radius 1 is 1.21 bits per heavy atom. The van der Waals surface area contributed by atoms with Gasteiger partial charge in [-0.3, -0.25) is 4.79 Å². The number of hydrogen-bond donors (Lipinski definition) is 1. The first-order valence-corrected chi connectivity index (χ1v) is 6.60. The van der Waals surface area contributed by atoms with Gasteiger partial charge in [0.05, 0.1) is 0 Å². The van der Waals surface area contributed by atoms with Crippen molar-refractivity contribution in [3.63, 3.8) is 0 Å². The molecule has 0 spiro atoms. The molecular weight excluding hydrogens is 258 g/mol. The minimum absolute atomic E-state index is 0.00838. The number of ketones is 1. The van der Waals surface area contributed by atoms with Crippen molar-refractivity contribution in [2.45, 2.75) is 13.3 Å². The maximum atomic E-state index is 12.5. The molecule has 0 aliphatic rings. The molecule has 0 aliphatic heterocycles.